The summed E-state index contributed by atoms with van der Waals surface area (Å²) in [5.41, 5.74) is -1.43. The maximum absolute atomic E-state index is 13.3. The summed E-state index contributed by atoms with van der Waals surface area (Å²) in [4.78, 5) is 48.2. The second-order valence-electron chi connectivity index (χ2n) is 4.16. The Bertz CT molecular complexity index is 724. The Hall–Kier alpha value is -3.03. The molecule has 0 N–H and O–H groups in total. The predicted octanol–water partition coefficient (Wildman–Crippen LogP) is 0.341. The molecule has 0 atom stereocenters. The third kappa shape index (κ3) is 2.34. The van der Waals surface area contributed by atoms with Crippen molar-refractivity contribution in [2.24, 2.45) is 0 Å². The number of Topliss-reactive ketones (excluding diaryl/α,β-unsaturated/α-hetero) is 1. The highest BCUT2D eigenvalue weighted by molar-refractivity contribution is 6.57. The Kier molecular flexibility index (Phi) is 4.02. The summed E-state index contributed by atoms with van der Waals surface area (Å²) in [6.45, 7) is 0. The Labute approximate surface area is 123 Å². The molecule has 114 valence electrons. The first-order valence-electron chi connectivity index (χ1n) is 5.97. The van der Waals surface area contributed by atoms with Gasteiger partial charge in [-0.25, -0.2) is 14.0 Å². The fourth-order valence-electron chi connectivity index (χ4n) is 1.97. The lowest BCUT2D eigenvalue weighted by atomic mass is 10.1. The molecular weight excluding hydrogens is 297 g/mol. The van der Waals surface area contributed by atoms with Crippen molar-refractivity contribution in [3.63, 3.8) is 0 Å². The molecule has 1 heterocycles. The van der Waals surface area contributed by atoms with Gasteiger partial charge in [0.1, 0.15) is 11.4 Å². The molecule has 1 aliphatic rings. The Morgan fingerprint density at radius 3 is 2.27 bits per heavy atom. The average molecular weight is 307 g/mol. The lowest BCUT2D eigenvalue weighted by Gasteiger charge is -2.18. The normalized spacial score (nSPS) is 14.4. The van der Waals surface area contributed by atoms with E-state index in [4.69, 9.17) is 0 Å². The van der Waals surface area contributed by atoms with E-state index in [1.54, 1.807) is 0 Å². The summed E-state index contributed by atoms with van der Waals surface area (Å²) >= 11 is 0. The van der Waals surface area contributed by atoms with Crippen molar-refractivity contribution >= 4 is 29.3 Å². The van der Waals surface area contributed by atoms with Gasteiger partial charge in [0, 0.05) is 0 Å². The van der Waals surface area contributed by atoms with E-state index in [1.165, 1.54) is 12.1 Å². The summed E-state index contributed by atoms with van der Waals surface area (Å²) in [5.74, 6) is -5.34. The molecule has 1 amide bonds. The van der Waals surface area contributed by atoms with Gasteiger partial charge in [0.2, 0.25) is 0 Å². The van der Waals surface area contributed by atoms with E-state index in [2.05, 4.69) is 9.47 Å². The van der Waals surface area contributed by atoms with E-state index in [0.29, 0.717) is 4.90 Å². The number of anilines is 1. The van der Waals surface area contributed by atoms with Crippen LogP contribution in [0.2, 0.25) is 0 Å². The lowest BCUT2D eigenvalue weighted by molar-refractivity contribution is -0.141. The molecule has 22 heavy (non-hydrogen) atoms. The summed E-state index contributed by atoms with van der Waals surface area (Å²) in [7, 11) is 2.01. The summed E-state index contributed by atoms with van der Waals surface area (Å²) < 4.78 is 22.2. The van der Waals surface area contributed by atoms with Crippen LogP contribution in [0.15, 0.2) is 35.5 Å². The first-order chi connectivity index (χ1) is 10.4. The number of halogens is 1. The van der Waals surface area contributed by atoms with Crippen molar-refractivity contribution in [3.05, 3.63) is 41.4 Å². The van der Waals surface area contributed by atoms with Crippen LogP contribution in [-0.4, -0.2) is 37.8 Å². The molecule has 0 aliphatic carbocycles. The van der Waals surface area contributed by atoms with Crippen molar-refractivity contribution in [2.75, 3.05) is 19.1 Å². The molecule has 0 radical (unpaired) electrons. The SMILES string of the molecule is COC(=O)C1=C(C(=O)OC)N(c2cccc(F)c2)C(=O)C1=O. The van der Waals surface area contributed by atoms with Crippen LogP contribution >= 0.6 is 0 Å². The van der Waals surface area contributed by atoms with Gasteiger partial charge < -0.3 is 9.47 Å². The van der Waals surface area contributed by atoms with E-state index in [9.17, 15) is 23.6 Å². The quantitative estimate of drug-likeness (QED) is 0.454. The maximum atomic E-state index is 13.3. The number of ketones is 1. The zero-order chi connectivity index (χ0) is 16.4. The number of amides is 1. The van der Waals surface area contributed by atoms with Gasteiger partial charge in [-0.05, 0) is 18.2 Å². The van der Waals surface area contributed by atoms with Gasteiger partial charge in [-0.3, -0.25) is 14.5 Å². The molecular formula is C14H10FNO6. The highest BCUT2D eigenvalue weighted by Crippen LogP contribution is 2.30. The maximum Gasteiger partial charge on any atom is 0.356 e. The van der Waals surface area contributed by atoms with E-state index in [0.717, 1.165) is 26.4 Å². The third-order valence-electron chi connectivity index (χ3n) is 2.92. The van der Waals surface area contributed by atoms with Crippen molar-refractivity contribution in [3.8, 4) is 0 Å². The number of esters is 2. The van der Waals surface area contributed by atoms with Crippen LogP contribution in [0.3, 0.4) is 0 Å². The van der Waals surface area contributed by atoms with Gasteiger partial charge in [0.05, 0.1) is 19.9 Å². The standard InChI is InChI=1S/C14H10FNO6/c1-21-13(19)9-10(14(20)22-2)16(12(18)11(9)17)8-5-3-4-7(15)6-8/h3-6H,1-2H3. The van der Waals surface area contributed by atoms with Crippen molar-refractivity contribution in [1.82, 2.24) is 0 Å². The number of benzene rings is 1. The monoisotopic (exact) mass is 307 g/mol. The van der Waals surface area contributed by atoms with Crippen LogP contribution < -0.4 is 4.90 Å². The summed E-state index contributed by atoms with van der Waals surface area (Å²) in [5, 5.41) is 0. The number of carbonyl (C=O) groups excluding carboxylic acids is 4. The Morgan fingerprint density at radius 1 is 1.09 bits per heavy atom. The number of hydrogen-bond acceptors (Lipinski definition) is 6. The van der Waals surface area contributed by atoms with Crippen LogP contribution in [-0.2, 0) is 28.7 Å². The second-order valence-corrected chi connectivity index (χ2v) is 4.16. The van der Waals surface area contributed by atoms with Gasteiger partial charge in [0.25, 0.3) is 5.78 Å². The van der Waals surface area contributed by atoms with Crippen LogP contribution in [0.5, 0.6) is 0 Å². The molecule has 0 saturated heterocycles. The van der Waals surface area contributed by atoms with Crippen LogP contribution in [0.1, 0.15) is 0 Å². The molecule has 8 heteroatoms. The fraction of sp³-hybridized carbons (Fsp3) is 0.143. The van der Waals surface area contributed by atoms with Gasteiger partial charge >= 0.3 is 17.8 Å². The molecule has 0 bridgehead atoms. The minimum atomic E-state index is -1.23. The van der Waals surface area contributed by atoms with E-state index in [-0.39, 0.29) is 5.69 Å². The molecule has 1 aliphatic heterocycles. The molecule has 0 unspecified atom stereocenters. The minimum absolute atomic E-state index is 0.0855. The number of ether oxygens (including phenoxy) is 2. The van der Waals surface area contributed by atoms with E-state index < -0.39 is 40.7 Å². The molecule has 0 spiro atoms. The molecule has 0 aromatic heterocycles. The first-order valence-corrected chi connectivity index (χ1v) is 5.97. The van der Waals surface area contributed by atoms with E-state index >= 15 is 0 Å². The van der Waals surface area contributed by atoms with Crippen molar-refractivity contribution in [2.45, 2.75) is 0 Å². The molecule has 0 saturated carbocycles. The summed E-state index contributed by atoms with van der Waals surface area (Å²) in [6, 6.07) is 4.65. The highest BCUT2D eigenvalue weighted by Gasteiger charge is 2.46. The number of methoxy groups -OCH3 is 2. The Morgan fingerprint density at radius 2 is 1.73 bits per heavy atom. The molecule has 1 aromatic carbocycles. The number of nitrogens with zero attached hydrogens (tertiary/aromatic N) is 1. The number of carbonyl (C=O) groups is 4. The van der Waals surface area contributed by atoms with Gasteiger partial charge in [-0.1, -0.05) is 6.07 Å². The van der Waals surface area contributed by atoms with E-state index in [1.807, 2.05) is 0 Å². The molecule has 1 aromatic rings. The van der Waals surface area contributed by atoms with Crippen molar-refractivity contribution in [1.29, 1.82) is 0 Å². The van der Waals surface area contributed by atoms with Crippen LogP contribution in [0, 0.1) is 5.82 Å². The largest absolute Gasteiger partial charge is 0.465 e. The Balaban J connectivity index is 2.68. The molecule has 2 rings (SSSR count). The summed E-state index contributed by atoms with van der Waals surface area (Å²) in [6.07, 6.45) is 0. The zero-order valence-corrected chi connectivity index (χ0v) is 11.6. The lowest BCUT2D eigenvalue weighted by Crippen LogP contribution is -2.31. The topological polar surface area (TPSA) is 90.0 Å². The molecule has 7 nitrogen and oxygen atoms in total. The van der Waals surface area contributed by atoms with Crippen LogP contribution in [0.4, 0.5) is 10.1 Å². The van der Waals surface area contributed by atoms with Gasteiger partial charge in [-0.15, -0.1) is 0 Å². The molecule has 0 fully saturated rings. The predicted molar refractivity (Wildman–Crippen MR) is 70.0 cm³/mol. The van der Waals surface area contributed by atoms with Crippen LogP contribution in [0.25, 0.3) is 0 Å². The van der Waals surface area contributed by atoms with Gasteiger partial charge in [-0.2, -0.15) is 0 Å². The van der Waals surface area contributed by atoms with Gasteiger partial charge in [0.15, 0.2) is 5.70 Å². The number of hydrogen-bond donors (Lipinski definition) is 0. The fourth-order valence-corrected chi connectivity index (χ4v) is 1.97. The highest BCUT2D eigenvalue weighted by atomic mass is 19.1. The average Bonchev–Trinajstić information content (AvgIpc) is 2.78. The second kappa shape index (κ2) is 5.76. The first kappa shape index (κ1) is 15.4. The third-order valence-corrected chi connectivity index (χ3v) is 2.92. The smallest absolute Gasteiger partial charge is 0.356 e. The van der Waals surface area contributed by atoms with Crippen molar-refractivity contribution < 1.29 is 33.0 Å². The minimum Gasteiger partial charge on any atom is -0.465 e. The zero-order valence-electron chi connectivity index (χ0n) is 11.6. The number of rotatable bonds is 3.